The quantitative estimate of drug-likeness (QED) is 0.814. The number of nitrogens with zero attached hydrogens (tertiary/aromatic N) is 2. The van der Waals surface area contributed by atoms with Crippen molar-refractivity contribution >= 4 is 5.91 Å². The van der Waals surface area contributed by atoms with Gasteiger partial charge in [-0.1, -0.05) is 0 Å². The number of rotatable bonds is 2. The molecule has 2 unspecified atom stereocenters. The molecule has 1 aliphatic heterocycles. The summed E-state index contributed by atoms with van der Waals surface area (Å²) in [5.74, 6) is -1.90. The molecule has 0 bridgehead atoms. The Morgan fingerprint density at radius 1 is 1.50 bits per heavy atom. The summed E-state index contributed by atoms with van der Waals surface area (Å²) in [6.45, 7) is 1.01. The van der Waals surface area contributed by atoms with Gasteiger partial charge in [0.05, 0.1) is 18.4 Å². The molecular formula is C10H13F3N4O. The van der Waals surface area contributed by atoms with Crippen LogP contribution in [-0.4, -0.2) is 40.8 Å². The van der Waals surface area contributed by atoms with Crippen molar-refractivity contribution in [1.82, 2.24) is 20.2 Å². The maximum Gasteiger partial charge on any atom is 0.471 e. The van der Waals surface area contributed by atoms with Crippen molar-refractivity contribution in [2.45, 2.75) is 24.7 Å². The number of amides is 1. The Morgan fingerprint density at radius 2 is 2.28 bits per heavy atom. The zero-order valence-electron chi connectivity index (χ0n) is 9.44. The first-order chi connectivity index (χ1) is 8.48. The highest BCUT2D eigenvalue weighted by molar-refractivity contribution is 5.82. The van der Waals surface area contributed by atoms with E-state index in [0.717, 1.165) is 0 Å². The first-order valence-electron chi connectivity index (χ1n) is 5.54. The van der Waals surface area contributed by atoms with Crippen LogP contribution in [-0.2, 0) is 4.79 Å². The molecule has 2 heterocycles. The van der Waals surface area contributed by atoms with Crippen molar-refractivity contribution < 1.29 is 18.0 Å². The minimum absolute atomic E-state index is 0.208. The molecule has 0 spiro atoms. The number of nitrogens with one attached hydrogen (secondary N) is 2. The van der Waals surface area contributed by atoms with Gasteiger partial charge in [-0.05, 0) is 13.0 Å². The van der Waals surface area contributed by atoms with E-state index in [4.69, 9.17) is 0 Å². The van der Waals surface area contributed by atoms with Crippen molar-refractivity contribution in [2.75, 3.05) is 13.1 Å². The van der Waals surface area contributed by atoms with E-state index in [-0.39, 0.29) is 6.04 Å². The monoisotopic (exact) mass is 262 g/mol. The lowest BCUT2D eigenvalue weighted by Crippen LogP contribution is -2.54. The maximum absolute atomic E-state index is 12.2. The van der Waals surface area contributed by atoms with Crippen molar-refractivity contribution in [2.24, 2.45) is 0 Å². The molecular weight excluding hydrogens is 249 g/mol. The molecule has 8 heteroatoms. The fourth-order valence-electron chi connectivity index (χ4n) is 2.06. The Kier molecular flexibility index (Phi) is 3.55. The third-order valence-electron chi connectivity index (χ3n) is 2.93. The SMILES string of the molecule is O=C(NC1CNCCC1n1ccnc1)C(F)(F)F. The van der Waals surface area contributed by atoms with Crippen LogP contribution in [0.4, 0.5) is 13.2 Å². The molecule has 0 aliphatic carbocycles. The van der Waals surface area contributed by atoms with E-state index in [2.05, 4.69) is 10.3 Å². The van der Waals surface area contributed by atoms with E-state index in [1.54, 1.807) is 23.3 Å². The van der Waals surface area contributed by atoms with Gasteiger partial charge in [-0.2, -0.15) is 13.2 Å². The van der Waals surface area contributed by atoms with Crippen LogP contribution in [0.3, 0.4) is 0 Å². The first-order valence-corrected chi connectivity index (χ1v) is 5.54. The van der Waals surface area contributed by atoms with Crippen LogP contribution in [0.15, 0.2) is 18.7 Å². The highest BCUT2D eigenvalue weighted by Crippen LogP contribution is 2.21. The van der Waals surface area contributed by atoms with E-state index >= 15 is 0 Å². The lowest BCUT2D eigenvalue weighted by atomic mass is 10.0. The number of hydrogen-bond acceptors (Lipinski definition) is 3. The summed E-state index contributed by atoms with van der Waals surface area (Å²) < 4.78 is 38.4. The molecule has 0 aromatic carbocycles. The Balaban J connectivity index is 2.07. The van der Waals surface area contributed by atoms with Gasteiger partial charge in [0.25, 0.3) is 0 Å². The predicted molar refractivity (Wildman–Crippen MR) is 56.7 cm³/mol. The van der Waals surface area contributed by atoms with Crippen LogP contribution < -0.4 is 10.6 Å². The number of hydrogen-bond donors (Lipinski definition) is 2. The Labute approximate surface area is 101 Å². The van der Waals surface area contributed by atoms with E-state index in [0.29, 0.717) is 19.5 Å². The van der Waals surface area contributed by atoms with E-state index < -0.39 is 18.1 Å². The van der Waals surface area contributed by atoms with Gasteiger partial charge < -0.3 is 15.2 Å². The van der Waals surface area contributed by atoms with Crippen LogP contribution >= 0.6 is 0 Å². The van der Waals surface area contributed by atoms with Gasteiger partial charge in [-0.15, -0.1) is 0 Å². The van der Waals surface area contributed by atoms with Crippen molar-refractivity contribution in [3.63, 3.8) is 0 Å². The van der Waals surface area contributed by atoms with Crippen LogP contribution in [0.5, 0.6) is 0 Å². The Morgan fingerprint density at radius 3 is 2.89 bits per heavy atom. The standard InChI is InChI=1S/C10H13F3N4O/c11-10(12,13)9(18)16-7-5-14-2-1-8(7)17-4-3-15-6-17/h3-4,6-8,14H,1-2,5H2,(H,16,18). The second-order valence-corrected chi connectivity index (χ2v) is 4.15. The molecule has 0 saturated carbocycles. The lowest BCUT2D eigenvalue weighted by molar-refractivity contribution is -0.174. The third-order valence-corrected chi connectivity index (χ3v) is 2.93. The fourth-order valence-corrected chi connectivity index (χ4v) is 2.06. The number of imidazole rings is 1. The molecule has 100 valence electrons. The summed E-state index contributed by atoms with van der Waals surface area (Å²) in [5, 5.41) is 4.99. The summed E-state index contributed by atoms with van der Waals surface area (Å²) >= 11 is 0. The molecule has 1 aromatic rings. The number of alkyl halides is 3. The number of carbonyl (C=O) groups excluding carboxylic acids is 1. The summed E-state index contributed by atoms with van der Waals surface area (Å²) in [6, 6.07) is -0.804. The zero-order valence-corrected chi connectivity index (χ0v) is 9.44. The molecule has 5 nitrogen and oxygen atoms in total. The average molecular weight is 262 g/mol. The van der Waals surface area contributed by atoms with Gasteiger partial charge in [0, 0.05) is 18.9 Å². The molecule has 1 aliphatic rings. The normalized spacial score (nSPS) is 24.8. The molecule has 2 rings (SSSR count). The van der Waals surface area contributed by atoms with Gasteiger partial charge in [0.15, 0.2) is 0 Å². The fraction of sp³-hybridized carbons (Fsp3) is 0.600. The molecule has 2 N–H and O–H groups in total. The van der Waals surface area contributed by atoms with Crippen molar-refractivity contribution in [3.05, 3.63) is 18.7 Å². The average Bonchev–Trinajstić information content (AvgIpc) is 2.82. The molecule has 1 amide bonds. The van der Waals surface area contributed by atoms with Crippen molar-refractivity contribution in [3.8, 4) is 0 Å². The van der Waals surface area contributed by atoms with Crippen LogP contribution in [0, 0.1) is 0 Å². The summed E-state index contributed by atoms with van der Waals surface area (Å²) in [7, 11) is 0. The first kappa shape index (κ1) is 12.9. The minimum Gasteiger partial charge on any atom is -0.342 e. The van der Waals surface area contributed by atoms with Gasteiger partial charge in [0.2, 0.25) is 0 Å². The molecule has 0 radical (unpaired) electrons. The van der Waals surface area contributed by atoms with Gasteiger partial charge in [-0.3, -0.25) is 4.79 Å². The summed E-state index contributed by atoms with van der Waals surface area (Å²) in [4.78, 5) is 14.8. The number of aromatic nitrogens is 2. The van der Waals surface area contributed by atoms with Crippen LogP contribution in [0.1, 0.15) is 12.5 Å². The predicted octanol–water partition coefficient (Wildman–Crippen LogP) is 0.465. The Hall–Kier alpha value is -1.57. The van der Waals surface area contributed by atoms with Crippen LogP contribution in [0.25, 0.3) is 0 Å². The van der Waals surface area contributed by atoms with E-state index in [9.17, 15) is 18.0 Å². The molecule has 18 heavy (non-hydrogen) atoms. The topological polar surface area (TPSA) is 59.0 Å². The number of piperidine rings is 1. The van der Waals surface area contributed by atoms with E-state index in [1.165, 1.54) is 0 Å². The third kappa shape index (κ3) is 2.81. The smallest absolute Gasteiger partial charge is 0.342 e. The largest absolute Gasteiger partial charge is 0.471 e. The van der Waals surface area contributed by atoms with Gasteiger partial charge in [-0.25, -0.2) is 4.98 Å². The molecule has 1 aromatic heterocycles. The van der Waals surface area contributed by atoms with Crippen LogP contribution in [0.2, 0.25) is 0 Å². The second-order valence-electron chi connectivity index (χ2n) is 4.15. The van der Waals surface area contributed by atoms with Gasteiger partial charge >= 0.3 is 12.1 Å². The summed E-state index contributed by atoms with van der Waals surface area (Å²) in [6.07, 6.45) is 0.576. The molecule has 2 atom stereocenters. The highest BCUT2D eigenvalue weighted by atomic mass is 19.4. The Bertz CT molecular complexity index is 404. The molecule has 1 saturated heterocycles. The van der Waals surface area contributed by atoms with E-state index in [1.807, 2.05) is 5.32 Å². The second kappa shape index (κ2) is 4.97. The minimum atomic E-state index is -4.85. The lowest BCUT2D eigenvalue weighted by Gasteiger charge is -2.33. The molecule has 1 fully saturated rings. The number of halogens is 3. The highest BCUT2D eigenvalue weighted by Gasteiger charge is 2.41. The number of carbonyl (C=O) groups is 1. The maximum atomic E-state index is 12.2. The van der Waals surface area contributed by atoms with Crippen molar-refractivity contribution in [1.29, 1.82) is 0 Å². The van der Waals surface area contributed by atoms with Gasteiger partial charge in [0.1, 0.15) is 0 Å². The zero-order chi connectivity index (χ0) is 13.2. The summed E-state index contributed by atoms with van der Waals surface area (Å²) in [5.41, 5.74) is 0.